The molecule has 0 nitrogen and oxygen atoms in total. The molecule has 0 unspecified atom stereocenters. The van der Waals surface area contributed by atoms with Crippen molar-refractivity contribution in [2.24, 2.45) is 0 Å². The average molecular weight is 427 g/mol. The van der Waals surface area contributed by atoms with Crippen molar-refractivity contribution in [1.29, 1.82) is 0 Å². The Kier molecular flexibility index (Phi) is 52.9. The second-order valence-corrected chi connectivity index (χ2v) is 4.96. The highest BCUT2D eigenvalue weighted by Crippen LogP contribution is 1.93. The Bertz CT molecular complexity index is 479. The van der Waals surface area contributed by atoms with E-state index >= 15 is 0 Å². The summed E-state index contributed by atoms with van der Waals surface area (Å²) in [6.07, 6.45) is 0. The highest BCUT2D eigenvalue weighted by atomic mass is 13.8. The van der Waals surface area contributed by atoms with Gasteiger partial charge in [-0.1, -0.05) is 177 Å². The van der Waals surface area contributed by atoms with Gasteiger partial charge in [0.15, 0.2) is 0 Å². The molecule has 3 aromatic rings. The number of aryl methyl sites for hydroxylation is 3. The Morgan fingerprint density at radius 3 is 0.452 bits per heavy atom. The van der Waals surface area contributed by atoms with Gasteiger partial charge in [0.25, 0.3) is 0 Å². The maximum absolute atomic E-state index is 2.08. The zero-order chi connectivity index (χ0) is 25.3. The Morgan fingerprint density at radius 2 is 0.387 bits per heavy atom. The summed E-state index contributed by atoms with van der Waals surface area (Å²) in [7, 11) is 0. The van der Waals surface area contributed by atoms with Crippen molar-refractivity contribution in [3.8, 4) is 0 Å². The van der Waals surface area contributed by atoms with Crippen molar-refractivity contribution >= 4 is 0 Å². The summed E-state index contributed by atoms with van der Waals surface area (Å²) < 4.78 is 0. The van der Waals surface area contributed by atoms with E-state index in [1.165, 1.54) is 16.7 Å². The van der Waals surface area contributed by atoms with E-state index < -0.39 is 0 Å². The monoisotopic (exact) mass is 426 g/mol. The van der Waals surface area contributed by atoms with Crippen LogP contribution in [0.3, 0.4) is 0 Å². The van der Waals surface area contributed by atoms with Crippen LogP contribution >= 0.6 is 0 Å². The maximum atomic E-state index is 2.08. The molecule has 0 saturated carbocycles. The molecule has 31 heavy (non-hydrogen) atoms. The van der Waals surface area contributed by atoms with E-state index in [1.807, 2.05) is 124 Å². The van der Waals surface area contributed by atoms with Crippen LogP contribution in [0.25, 0.3) is 0 Å². The van der Waals surface area contributed by atoms with Crippen molar-refractivity contribution in [1.82, 2.24) is 0 Å². The van der Waals surface area contributed by atoms with Gasteiger partial charge in [-0.2, -0.15) is 0 Å². The first-order chi connectivity index (χ1) is 15.2. The van der Waals surface area contributed by atoms with Gasteiger partial charge in [0.2, 0.25) is 0 Å². The van der Waals surface area contributed by atoms with E-state index in [-0.39, 0.29) is 0 Å². The van der Waals surface area contributed by atoms with E-state index in [4.69, 9.17) is 0 Å². The molecule has 0 fully saturated rings. The van der Waals surface area contributed by atoms with Crippen LogP contribution < -0.4 is 0 Å². The molecule has 0 N–H and O–H groups in total. The summed E-state index contributed by atoms with van der Waals surface area (Å²) in [5, 5.41) is 0. The number of hydrogen-bond donors (Lipinski definition) is 0. The maximum Gasteiger partial charge on any atom is -0.0398 e. The first-order valence-electron chi connectivity index (χ1n) is 12.2. The smallest absolute Gasteiger partial charge is 0.0398 e. The Hall–Kier alpha value is -2.34. The van der Waals surface area contributed by atoms with Crippen LogP contribution in [0.5, 0.6) is 0 Å². The lowest BCUT2D eigenvalue weighted by molar-refractivity contribution is 1.48. The first-order valence-corrected chi connectivity index (χ1v) is 12.2. The van der Waals surface area contributed by atoms with Gasteiger partial charge >= 0.3 is 0 Å². The second-order valence-electron chi connectivity index (χ2n) is 4.96. The van der Waals surface area contributed by atoms with E-state index in [1.54, 1.807) is 0 Å². The van der Waals surface area contributed by atoms with Crippen molar-refractivity contribution in [3.63, 3.8) is 0 Å². The Morgan fingerprint density at radius 1 is 0.258 bits per heavy atom. The normalized spacial score (nSPS) is 6.87. The third kappa shape index (κ3) is 38.8. The minimum absolute atomic E-state index is 1.32. The Labute approximate surface area is 197 Å². The summed E-state index contributed by atoms with van der Waals surface area (Å²) in [6.45, 7) is 26.2. The standard InChI is InChI=1S/3C7H8.5C2H6/c3*1-7-5-3-2-4-6-7;5*1-2/h3*2-6H,1H3;5*1-2H3. The minimum atomic E-state index is 1.32. The zero-order valence-electron chi connectivity index (χ0n) is 23.2. The van der Waals surface area contributed by atoms with E-state index in [9.17, 15) is 0 Å². The lowest BCUT2D eigenvalue weighted by atomic mass is 10.2. The largest absolute Gasteiger partial charge is 0.0683 e. The molecular weight excluding hydrogens is 372 g/mol. The van der Waals surface area contributed by atoms with Crippen LogP contribution in [0.15, 0.2) is 91.0 Å². The molecule has 0 atom stereocenters. The number of hydrogen-bond acceptors (Lipinski definition) is 0. The van der Waals surface area contributed by atoms with Crippen molar-refractivity contribution in [2.75, 3.05) is 0 Å². The quantitative estimate of drug-likeness (QED) is 0.335. The molecule has 0 aliphatic carbocycles. The zero-order valence-corrected chi connectivity index (χ0v) is 23.2. The predicted molar refractivity (Wildman–Crippen MR) is 150 cm³/mol. The van der Waals surface area contributed by atoms with Crippen molar-refractivity contribution in [2.45, 2.75) is 90.0 Å². The highest BCUT2D eigenvalue weighted by molar-refractivity contribution is 5.13. The fourth-order valence-corrected chi connectivity index (χ4v) is 1.60. The molecule has 0 heteroatoms. The number of benzene rings is 3. The molecule has 0 bridgehead atoms. The summed E-state index contributed by atoms with van der Waals surface area (Å²) in [6, 6.07) is 30.8. The van der Waals surface area contributed by atoms with Crippen LogP contribution in [0.2, 0.25) is 0 Å². The van der Waals surface area contributed by atoms with Gasteiger partial charge in [-0.25, -0.2) is 0 Å². The molecule has 0 saturated heterocycles. The second kappa shape index (κ2) is 41.9. The molecular formula is C31H54. The molecule has 3 rings (SSSR count). The number of rotatable bonds is 0. The summed E-state index contributed by atoms with van der Waals surface area (Å²) in [5.41, 5.74) is 3.97. The van der Waals surface area contributed by atoms with Gasteiger partial charge in [-0.05, 0) is 20.8 Å². The third-order valence-electron chi connectivity index (χ3n) is 2.82. The van der Waals surface area contributed by atoms with E-state index in [2.05, 4.69) is 57.2 Å². The molecule has 0 aliphatic rings. The fourth-order valence-electron chi connectivity index (χ4n) is 1.60. The lowest BCUT2D eigenvalue weighted by Gasteiger charge is -1.82. The van der Waals surface area contributed by atoms with Crippen molar-refractivity contribution in [3.05, 3.63) is 108 Å². The SMILES string of the molecule is CC.CC.CC.CC.CC.Cc1ccccc1.Cc1ccccc1.Cc1ccccc1. The molecule has 0 aliphatic heterocycles. The molecule has 0 aromatic heterocycles. The van der Waals surface area contributed by atoms with Gasteiger partial charge in [0, 0.05) is 0 Å². The molecule has 0 spiro atoms. The minimum Gasteiger partial charge on any atom is -0.0683 e. The van der Waals surface area contributed by atoms with Crippen LogP contribution in [0.1, 0.15) is 85.9 Å². The van der Waals surface area contributed by atoms with Crippen LogP contribution in [0.4, 0.5) is 0 Å². The van der Waals surface area contributed by atoms with E-state index in [0.717, 1.165) is 0 Å². The topological polar surface area (TPSA) is 0 Å². The molecule has 0 amide bonds. The summed E-state index contributed by atoms with van der Waals surface area (Å²) >= 11 is 0. The highest BCUT2D eigenvalue weighted by Gasteiger charge is 1.73. The van der Waals surface area contributed by atoms with E-state index in [0.29, 0.717) is 0 Å². The van der Waals surface area contributed by atoms with Gasteiger partial charge in [-0.15, -0.1) is 0 Å². The van der Waals surface area contributed by atoms with Crippen molar-refractivity contribution < 1.29 is 0 Å². The van der Waals surface area contributed by atoms with Gasteiger partial charge in [0.05, 0.1) is 0 Å². The van der Waals surface area contributed by atoms with Crippen LogP contribution in [-0.2, 0) is 0 Å². The van der Waals surface area contributed by atoms with Gasteiger partial charge in [-0.3, -0.25) is 0 Å². The Balaban J connectivity index is -0.0000000908. The fraction of sp³-hybridized carbons (Fsp3) is 0.419. The average Bonchev–Trinajstić information content (AvgIpc) is 2.88. The van der Waals surface area contributed by atoms with Gasteiger partial charge < -0.3 is 0 Å². The first kappa shape index (κ1) is 39.2. The van der Waals surface area contributed by atoms with Gasteiger partial charge in [0.1, 0.15) is 0 Å². The van der Waals surface area contributed by atoms with Crippen LogP contribution in [0, 0.1) is 20.8 Å². The molecule has 3 aromatic carbocycles. The summed E-state index contributed by atoms with van der Waals surface area (Å²) in [4.78, 5) is 0. The molecule has 0 radical (unpaired) electrons. The van der Waals surface area contributed by atoms with Crippen LogP contribution in [-0.4, -0.2) is 0 Å². The predicted octanol–water partition coefficient (Wildman–Crippen LogP) is 11.1. The summed E-state index contributed by atoms with van der Waals surface area (Å²) in [5.74, 6) is 0. The molecule has 178 valence electrons. The third-order valence-corrected chi connectivity index (χ3v) is 2.82. The molecule has 0 heterocycles. The lowest BCUT2D eigenvalue weighted by Crippen LogP contribution is -1.62.